The molecule has 19 heavy (non-hydrogen) atoms. The Labute approximate surface area is 111 Å². The van der Waals surface area contributed by atoms with E-state index in [1.165, 1.54) is 0 Å². The first kappa shape index (κ1) is 15.5. The topological polar surface area (TPSA) is 50.4 Å². The molecule has 1 unspecified atom stereocenters. The number of benzene rings is 1. The Bertz CT molecular complexity index is 427. The van der Waals surface area contributed by atoms with E-state index in [0.717, 1.165) is 18.2 Å². The number of rotatable bonds is 7. The summed E-state index contributed by atoms with van der Waals surface area (Å²) in [7, 11) is 1.54. The second-order valence-electron chi connectivity index (χ2n) is 4.12. The molecule has 4 nitrogen and oxygen atoms in total. The second kappa shape index (κ2) is 7.81. The Morgan fingerprint density at radius 2 is 2.16 bits per heavy atom. The van der Waals surface area contributed by atoms with Crippen molar-refractivity contribution < 1.29 is 18.3 Å². The maximum absolute atomic E-state index is 13.3. The Morgan fingerprint density at radius 1 is 1.42 bits per heavy atom. The number of halogens is 2. The first-order valence-electron chi connectivity index (χ1n) is 5.98. The summed E-state index contributed by atoms with van der Waals surface area (Å²) in [6, 6.07) is 2.73. The zero-order valence-electron chi connectivity index (χ0n) is 11.0. The summed E-state index contributed by atoms with van der Waals surface area (Å²) in [5.74, 6) is -1.22. The van der Waals surface area contributed by atoms with Crippen molar-refractivity contribution in [2.75, 3.05) is 20.3 Å². The standard InChI is InChI=1S/C13H18F2N2O2/c1-9(13(18)16-5-6-19-2)17-8-10-7-11(14)3-4-12(10)15/h3-4,7,9,17H,5-6,8H2,1-2H3,(H,16,18). The second-order valence-corrected chi connectivity index (χ2v) is 4.12. The van der Waals surface area contributed by atoms with Crippen LogP contribution in [0.2, 0.25) is 0 Å². The molecule has 106 valence electrons. The molecule has 0 aliphatic rings. The number of ether oxygens (including phenoxy) is 1. The lowest BCUT2D eigenvalue weighted by Gasteiger charge is -2.14. The van der Waals surface area contributed by atoms with Gasteiger partial charge in [-0.25, -0.2) is 8.78 Å². The van der Waals surface area contributed by atoms with Crippen molar-refractivity contribution in [3.63, 3.8) is 0 Å². The molecular weight excluding hydrogens is 254 g/mol. The van der Waals surface area contributed by atoms with Gasteiger partial charge in [0.05, 0.1) is 12.6 Å². The van der Waals surface area contributed by atoms with Crippen LogP contribution in [0.5, 0.6) is 0 Å². The molecule has 0 aliphatic heterocycles. The van der Waals surface area contributed by atoms with Gasteiger partial charge in [-0.3, -0.25) is 4.79 Å². The molecule has 0 heterocycles. The molecule has 1 amide bonds. The highest BCUT2D eigenvalue weighted by Gasteiger charge is 2.12. The third kappa shape index (κ3) is 5.32. The van der Waals surface area contributed by atoms with Crippen molar-refractivity contribution in [3.8, 4) is 0 Å². The molecule has 1 aromatic carbocycles. The van der Waals surface area contributed by atoms with Gasteiger partial charge in [-0.1, -0.05) is 0 Å². The van der Waals surface area contributed by atoms with Crippen LogP contribution in [-0.2, 0) is 16.1 Å². The molecule has 0 aromatic heterocycles. The number of carbonyl (C=O) groups excluding carboxylic acids is 1. The van der Waals surface area contributed by atoms with E-state index in [1.54, 1.807) is 14.0 Å². The maximum atomic E-state index is 13.3. The van der Waals surface area contributed by atoms with Gasteiger partial charge in [-0.05, 0) is 25.1 Å². The summed E-state index contributed by atoms with van der Waals surface area (Å²) in [5.41, 5.74) is 0.191. The average Bonchev–Trinajstić information content (AvgIpc) is 2.39. The smallest absolute Gasteiger partial charge is 0.236 e. The Morgan fingerprint density at radius 3 is 2.84 bits per heavy atom. The van der Waals surface area contributed by atoms with Crippen molar-refractivity contribution >= 4 is 5.91 Å². The lowest BCUT2D eigenvalue weighted by atomic mass is 10.2. The van der Waals surface area contributed by atoms with Gasteiger partial charge in [-0.15, -0.1) is 0 Å². The van der Waals surface area contributed by atoms with Crippen LogP contribution < -0.4 is 10.6 Å². The molecule has 0 aliphatic carbocycles. The number of carbonyl (C=O) groups is 1. The molecule has 2 N–H and O–H groups in total. The van der Waals surface area contributed by atoms with Gasteiger partial charge >= 0.3 is 0 Å². The first-order valence-corrected chi connectivity index (χ1v) is 5.98. The molecule has 0 saturated heterocycles. The van der Waals surface area contributed by atoms with Crippen LogP contribution >= 0.6 is 0 Å². The summed E-state index contributed by atoms with van der Waals surface area (Å²) < 4.78 is 31.1. The van der Waals surface area contributed by atoms with Gasteiger partial charge in [0.25, 0.3) is 0 Å². The molecule has 1 rings (SSSR count). The van der Waals surface area contributed by atoms with Gasteiger partial charge in [-0.2, -0.15) is 0 Å². The normalized spacial score (nSPS) is 12.2. The van der Waals surface area contributed by atoms with Crippen LogP contribution in [0, 0.1) is 11.6 Å². The molecule has 1 atom stereocenters. The van der Waals surface area contributed by atoms with E-state index in [-0.39, 0.29) is 18.0 Å². The van der Waals surface area contributed by atoms with Crippen molar-refractivity contribution in [1.82, 2.24) is 10.6 Å². The first-order chi connectivity index (χ1) is 9.04. The van der Waals surface area contributed by atoms with Gasteiger partial charge in [0.1, 0.15) is 11.6 Å². The van der Waals surface area contributed by atoms with E-state index in [9.17, 15) is 13.6 Å². The van der Waals surface area contributed by atoms with Crippen molar-refractivity contribution in [1.29, 1.82) is 0 Å². The number of hydrogen-bond donors (Lipinski definition) is 2. The average molecular weight is 272 g/mol. The van der Waals surface area contributed by atoms with E-state index in [1.807, 2.05) is 0 Å². The molecule has 6 heteroatoms. The predicted octanol–water partition coefficient (Wildman–Crippen LogP) is 1.21. The number of amides is 1. The van der Waals surface area contributed by atoms with E-state index in [2.05, 4.69) is 10.6 Å². The minimum absolute atomic E-state index is 0.0858. The molecule has 1 aromatic rings. The fraction of sp³-hybridized carbons (Fsp3) is 0.462. The van der Waals surface area contributed by atoms with Crippen molar-refractivity contribution in [3.05, 3.63) is 35.4 Å². The van der Waals surface area contributed by atoms with Gasteiger partial charge < -0.3 is 15.4 Å². The molecule has 0 radical (unpaired) electrons. The summed E-state index contributed by atoms with van der Waals surface area (Å²) in [5, 5.41) is 5.49. The van der Waals surface area contributed by atoms with E-state index in [4.69, 9.17) is 4.74 Å². The highest BCUT2D eigenvalue weighted by Crippen LogP contribution is 2.09. The minimum atomic E-state index is -0.504. The molecular formula is C13H18F2N2O2. The maximum Gasteiger partial charge on any atom is 0.236 e. The van der Waals surface area contributed by atoms with E-state index >= 15 is 0 Å². The van der Waals surface area contributed by atoms with E-state index in [0.29, 0.717) is 13.2 Å². The van der Waals surface area contributed by atoms with Crippen LogP contribution in [0.15, 0.2) is 18.2 Å². The lowest BCUT2D eigenvalue weighted by molar-refractivity contribution is -0.123. The van der Waals surface area contributed by atoms with Crippen LogP contribution in [0.4, 0.5) is 8.78 Å². The fourth-order valence-corrected chi connectivity index (χ4v) is 1.46. The molecule has 0 spiro atoms. The third-order valence-corrected chi connectivity index (χ3v) is 2.61. The minimum Gasteiger partial charge on any atom is -0.383 e. The highest BCUT2D eigenvalue weighted by atomic mass is 19.1. The van der Waals surface area contributed by atoms with Crippen LogP contribution in [0.1, 0.15) is 12.5 Å². The summed E-state index contributed by atoms with van der Waals surface area (Å²) in [6.07, 6.45) is 0. The van der Waals surface area contributed by atoms with Crippen molar-refractivity contribution in [2.45, 2.75) is 19.5 Å². The van der Waals surface area contributed by atoms with Gasteiger partial charge in [0.2, 0.25) is 5.91 Å². The Balaban J connectivity index is 2.42. The zero-order valence-corrected chi connectivity index (χ0v) is 11.0. The molecule has 0 bridgehead atoms. The van der Waals surface area contributed by atoms with Gasteiger partial charge in [0, 0.05) is 25.8 Å². The Hall–Kier alpha value is -1.53. The molecule has 0 saturated carbocycles. The number of methoxy groups -OCH3 is 1. The van der Waals surface area contributed by atoms with Crippen LogP contribution in [-0.4, -0.2) is 32.2 Å². The largest absolute Gasteiger partial charge is 0.383 e. The lowest BCUT2D eigenvalue weighted by Crippen LogP contribution is -2.42. The fourth-order valence-electron chi connectivity index (χ4n) is 1.46. The predicted molar refractivity (Wildman–Crippen MR) is 67.5 cm³/mol. The summed E-state index contributed by atoms with van der Waals surface area (Å²) in [6.45, 7) is 2.58. The van der Waals surface area contributed by atoms with E-state index < -0.39 is 17.7 Å². The highest BCUT2D eigenvalue weighted by molar-refractivity contribution is 5.81. The molecule has 0 fully saturated rings. The SMILES string of the molecule is COCCNC(=O)C(C)NCc1cc(F)ccc1F. The quantitative estimate of drug-likeness (QED) is 0.733. The summed E-state index contributed by atoms with van der Waals surface area (Å²) in [4.78, 5) is 11.6. The van der Waals surface area contributed by atoms with Gasteiger partial charge in [0.15, 0.2) is 0 Å². The number of hydrogen-bond acceptors (Lipinski definition) is 3. The monoisotopic (exact) mass is 272 g/mol. The zero-order chi connectivity index (χ0) is 14.3. The van der Waals surface area contributed by atoms with Crippen LogP contribution in [0.25, 0.3) is 0 Å². The number of nitrogens with one attached hydrogen (secondary N) is 2. The summed E-state index contributed by atoms with van der Waals surface area (Å²) >= 11 is 0. The third-order valence-electron chi connectivity index (χ3n) is 2.61. The van der Waals surface area contributed by atoms with Crippen molar-refractivity contribution in [2.24, 2.45) is 0 Å². The Kier molecular flexibility index (Phi) is 6.38. The van der Waals surface area contributed by atoms with Crippen LogP contribution in [0.3, 0.4) is 0 Å².